The fraction of sp³-hybridized carbons (Fsp3) is 1.00. The molecule has 0 heterocycles. The molecule has 0 aromatic carbocycles. The van der Waals surface area contributed by atoms with Crippen LogP contribution in [0.5, 0.6) is 0 Å². The zero-order valence-electron chi connectivity index (χ0n) is 11.5. The molecule has 0 aliphatic rings. The van der Waals surface area contributed by atoms with Gasteiger partial charge in [0, 0.05) is 19.1 Å². The first-order valence-electron chi connectivity index (χ1n) is 6.06. The van der Waals surface area contributed by atoms with Gasteiger partial charge in [-0.15, -0.1) is 0 Å². The van der Waals surface area contributed by atoms with E-state index in [2.05, 4.69) is 53.4 Å². The van der Waals surface area contributed by atoms with Crippen molar-refractivity contribution in [3.05, 3.63) is 0 Å². The monoisotopic (exact) mass is 215 g/mol. The van der Waals surface area contributed by atoms with Crippen LogP contribution in [0.1, 0.15) is 48.5 Å². The van der Waals surface area contributed by atoms with Gasteiger partial charge < -0.3 is 5.11 Å². The van der Waals surface area contributed by atoms with Crippen molar-refractivity contribution in [2.45, 2.75) is 60.6 Å². The number of aliphatic hydroxyl groups is 1. The summed E-state index contributed by atoms with van der Waals surface area (Å²) < 4.78 is 0. The maximum Gasteiger partial charge on any atom is 0.0715 e. The minimum absolute atomic E-state index is 0.0237. The highest BCUT2D eigenvalue weighted by Gasteiger charge is 2.25. The van der Waals surface area contributed by atoms with Crippen LogP contribution in [0.4, 0.5) is 0 Å². The van der Waals surface area contributed by atoms with Crippen LogP contribution in [-0.4, -0.2) is 35.2 Å². The van der Waals surface area contributed by atoms with Crippen molar-refractivity contribution in [1.29, 1.82) is 0 Å². The summed E-state index contributed by atoms with van der Waals surface area (Å²) in [5.41, 5.74) is -0.0237. The van der Waals surface area contributed by atoms with Crippen molar-refractivity contribution in [2.75, 3.05) is 13.1 Å². The predicted octanol–water partition coefficient (Wildman–Crippen LogP) is 2.76. The van der Waals surface area contributed by atoms with Crippen LogP contribution in [0, 0.1) is 11.3 Å². The smallest absolute Gasteiger partial charge is 0.0715 e. The lowest BCUT2D eigenvalue weighted by Gasteiger charge is -2.35. The van der Waals surface area contributed by atoms with E-state index >= 15 is 0 Å². The molecule has 2 heteroatoms. The summed E-state index contributed by atoms with van der Waals surface area (Å²) in [4.78, 5) is 2.36. The molecule has 0 saturated carbocycles. The Morgan fingerprint density at radius 3 is 1.73 bits per heavy atom. The van der Waals surface area contributed by atoms with Crippen molar-refractivity contribution in [2.24, 2.45) is 11.3 Å². The first-order valence-corrected chi connectivity index (χ1v) is 6.06. The van der Waals surface area contributed by atoms with Gasteiger partial charge in [-0.2, -0.15) is 0 Å². The molecule has 92 valence electrons. The Bertz CT molecular complexity index is 170. The van der Waals surface area contributed by atoms with Gasteiger partial charge in [0.2, 0.25) is 0 Å². The van der Waals surface area contributed by atoms with Gasteiger partial charge in [-0.05, 0) is 25.2 Å². The highest BCUT2D eigenvalue weighted by atomic mass is 16.3. The van der Waals surface area contributed by atoms with E-state index < -0.39 is 0 Å². The largest absolute Gasteiger partial charge is 0.391 e. The van der Waals surface area contributed by atoms with Crippen LogP contribution in [0.25, 0.3) is 0 Å². The van der Waals surface area contributed by atoms with E-state index in [1.807, 2.05) is 0 Å². The summed E-state index contributed by atoms with van der Waals surface area (Å²) in [6.45, 7) is 16.9. The van der Waals surface area contributed by atoms with Crippen molar-refractivity contribution in [3.63, 3.8) is 0 Å². The van der Waals surface area contributed by atoms with Crippen LogP contribution in [-0.2, 0) is 0 Å². The zero-order chi connectivity index (χ0) is 12.2. The Morgan fingerprint density at radius 2 is 1.47 bits per heavy atom. The molecule has 0 aliphatic carbocycles. The van der Waals surface area contributed by atoms with Crippen LogP contribution in [0.15, 0.2) is 0 Å². The summed E-state index contributed by atoms with van der Waals surface area (Å²) in [6, 6.07) is 0.504. The standard InChI is InChI=1S/C13H29NO/c1-10(2)8-14(11(3)4)9-12(15)13(5,6)7/h10-12,15H,8-9H2,1-7H3. The van der Waals surface area contributed by atoms with Crippen LogP contribution in [0.3, 0.4) is 0 Å². The van der Waals surface area contributed by atoms with Crippen LogP contribution >= 0.6 is 0 Å². The van der Waals surface area contributed by atoms with Crippen LogP contribution < -0.4 is 0 Å². The lowest BCUT2D eigenvalue weighted by Crippen LogP contribution is -2.44. The topological polar surface area (TPSA) is 23.5 Å². The summed E-state index contributed by atoms with van der Waals surface area (Å²) in [6.07, 6.45) is -0.251. The third kappa shape index (κ3) is 6.16. The Morgan fingerprint density at radius 1 is 1.00 bits per heavy atom. The normalized spacial score (nSPS) is 15.4. The van der Waals surface area contributed by atoms with Crippen molar-refractivity contribution >= 4 is 0 Å². The molecule has 0 aromatic rings. The summed E-state index contributed by atoms with van der Waals surface area (Å²) in [5.74, 6) is 0.652. The second-order valence-electron chi connectivity index (χ2n) is 6.32. The van der Waals surface area contributed by atoms with Gasteiger partial charge in [0.05, 0.1) is 6.10 Å². The van der Waals surface area contributed by atoms with Gasteiger partial charge >= 0.3 is 0 Å². The van der Waals surface area contributed by atoms with Gasteiger partial charge in [0.1, 0.15) is 0 Å². The lowest BCUT2D eigenvalue weighted by molar-refractivity contribution is 0.0163. The third-order valence-corrected chi connectivity index (χ3v) is 2.74. The van der Waals surface area contributed by atoms with Gasteiger partial charge in [-0.25, -0.2) is 0 Å². The Labute approximate surface area is 95.7 Å². The molecule has 15 heavy (non-hydrogen) atoms. The Balaban J connectivity index is 4.29. The molecule has 2 nitrogen and oxygen atoms in total. The first-order chi connectivity index (χ1) is 6.64. The van der Waals surface area contributed by atoms with E-state index in [1.54, 1.807) is 0 Å². The molecule has 0 bridgehead atoms. The van der Waals surface area contributed by atoms with E-state index in [1.165, 1.54) is 0 Å². The number of rotatable bonds is 5. The number of hydrogen-bond donors (Lipinski definition) is 1. The lowest BCUT2D eigenvalue weighted by atomic mass is 9.88. The summed E-state index contributed by atoms with van der Waals surface area (Å²) >= 11 is 0. The highest BCUT2D eigenvalue weighted by molar-refractivity contribution is 4.78. The SMILES string of the molecule is CC(C)CN(CC(O)C(C)(C)C)C(C)C. The number of nitrogens with zero attached hydrogens (tertiary/aromatic N) is 1. The Kier molecular flexibility index (Phi) is 5.82. The number of aliphatic hydroxyl groups excluding tert-OH is 1. The molecule has 1 N–H and O–H groups in total. The average Bonchev–Trinajstić information content (AvgIpc) is 1.99. The quantitative estimate of drug-likeness (QED) is 0.762. The van der Waals surface area contributed by atoms with Crippen LogP contribution in [0.2, 0.25) is 0 Å². The maximum atomic E-state index is 10.1. The van der Waals surface area contributed by atoms with Gasteiger partial charge in [-0.3, -0.25) is 4.90 Å². The predicted molar refractivity (Wildman–Crippen MR) is 67.0 cm³/mol. The molecule has 0 radical (unpaired) electrons. The first kappa shape index (κ1) is 14.9. The summed E-state index contributed by atoms with van der Waals surface area (Å²) in [7, 11) is 0. The molecule has 0 spiro atoms. The molecule has 0 saturated heterocycles. The molecule has 0 aromatic heterocycles. The molecular weight excluding hydrogens is 186 g/mol. The van der Waals surface area contributed by atoms with Gasteiger partial charge in [0.25, 0.3) is 0 Å². The molecule has 0 rings (SSSR count). The maximum absolute atomic E-state index is 10.1. The fourth-order valence-electron chi connectivity index (χ4n) is 1.46. The van der Waals surface area contributed by atoms with E-state index in [-0.39, 0.29) is 11.5 Å². The van der Waals surface area contributed by atoms with E-state index in [0.717, 1.165) is 13.1 Å². The second-order valence-corrected chi connectivity index (χ2v) is 6.32. The van der Waals surface area contributed by atoms with Crippen molar-refractivity contribution in [1.82, 2.24) is 4.90 Å². The van der Waals surface area contributed by atoms with Crippen molar-refractivity contribution < 1.29 is 5.11 Å². The third-order valence-electron chi connectivity index (χ3n) is 2.74. The van der Waals surface area contributed by atoms with E-state index in [4.69, 9.17) is 0 Å². The molecule has 1 atom stereocenters. The molecular formula is C13H29NO. The zero-order valence-corrected chi connectivity index (χ0v) is 11.5. The molecule has 0 fully saturated rings. The summed E-state index contributed by atoms with van der Waals surface area (Å²) in [5, 5.41) is 10.1. The van der Waals surface area contributed by atoms with Gasteiger partial charge in [0.15, 0.2) is 0 Å². The van der Waals surface area contributed by atoms with E-state index in [0.29, 0.717) is 12.0 Å². The molecule has 0 aliphatic heterocycles. The molecule has 0 amide bonds. The average molecular weight is 215 g/mol. The highest BCUT2D eigenvalue weighted by Crippen LogP contribution is 2.20. The second kappa shape index (κ2) is 5.86. The minimum Gasteiger partial charge on any atom is -0.391 e. The minimum atomic E-state index is -0.251. The fourth-order valence-corrected chi connectivity index (χ4v) is 1.46. The molecule has 1 unspecified atom stereocenters. The Hall–Kier alpha value is -0.0800. The van der Waals surface area contributed by atoms with E-state index in [9.17, 15) is 5.11 Å². The van der Waals surface area contributed by atoms with Crippen molar-refractivity contribution in [3.8, 4) is 0 Å². The van der Waals surface area contributed by atoms with Gasteiger partial charge in [-0.1, -0.05) is 34.6 Å². The number of hydrogen-bond acceptors (Lipinski definition) is 2.